The highest BCUT2D eigenvalue weighted by Crippen LogP contribution is 2.26. The molecule has 1 heterocycles. The summed E-state index contributed by atoms with van der Waals surface area (Å²) >= 11 is 0. The Morgan fingerprint density at radius 1 is 1.24 bits per heavy atom. The van der Waals surface area contributed by atoms with Crippen LogP contribution >= 0.6 is 0 Å². The molecule has 0 aromatic heterocycles. The smallest absolute Gasteiger partial charge is 0.0955 e. The second-order valence-corrected chi connectivity index (χ2v) is 5.34. The molecule has 0 radical (unpaired) electrons. The van der Waals surface area contributed by atoms with Crippen LogP contribution in [-0.2, 0) is 4.74 Å². The molecule has 1 saturated heterocycles. The minimum Gasteiger partial charge on any atom is -0.369 e. The van der Waals surface area contributed by atoms with E-state index in [9.17, 15) is 0 Å². The van der Waals surface area contributed by atoms with Crippen molar-refractivity contribution in [2.45, 2.75) is 52.4 Å². The number of aryl methyl sites for hydroxylation is 2. The number of rotatable bonds is 1. The van der Waals surface area contributed by atoms with Gasteiger partial charge < -0.3 is 10.1 Å². The Labute approximate surface area is 104 Å². The van der Waals surface area contributed by atoms with Crippen molar-refractivity contribution in [3.63, 3.8) is 0 Å². The number of hydrogen-bond donors (Lipinski definition) is 1. The Morgan fingerprint density at radius 2 is 2.00 bits per heavy atom. The highest BCUT2D eigenvalue weighted by molar-refractivity contribution is 5.32. The van der Waals surface area contributed by atoms with Gasteiger partial charge in [0.25, 0.3) is 0 Å². The summed E-state index contributed by atoms with van der Waals surface area (Å²) in [5, 5.41) is 3.54. The highest BCUT2D eigenvalue weighted by atomic mass is 16.5. The van der Waals surface area contributed by atoms with Crippen molar-refractivity contribution in [1.82, 2.24) is 5.32 Å². The molecule has 0 spiro atoms. The van der Waals surface area contributed by atoms with Gasteiger partial charge in [-0.3, -0.25) is 0 Å². The zero-order valence-corrected chi connectivity index (χ0v) is 11.3. The molecular formula is C15H23NO. The summed E-state index contributed by atoms with van der Waals surface area (Å²) in [4.78, 5) is 0. The summed E-state index contributed by atoms with van der Waals surface area (Å²) in [6.45, 7) is 9.61. The van der Waals surface area contributed by atoms with Crippen molar-refractivity contribution < 1.29 is 4.74 Å². The zero-order chi connectivity index (χ0) is 12.4. The van der Waals surface area contributed by atoms with E-state index in [4.69, 9.17) is 4.74 Å². The highest BCUT2D eigenvalue weighted by Gasteiger charge is 2.23. The summed E-state index contributed by atoms with van der Waals surface area (Å²) in [7, 11) is 0. The Hall–Kier alpha value is -0.860. The van der Waals surface area contributed by atoms with Gasteiger partial charge in [0.1, 0.15) is 0 Å². The van der Waals surface area contributed by atoms with E-state index in [-0.39, 0.29) is 6.10 Å². The molecule has 0 saturated carbocycles. The molecule has 1 aliphatic rings. The first-order valence-corrected chi connectivity index (χ1v) is 6.52. The zero-order valence-electron chi connectivity index (χ0n) is 11.3. The van der Waals surface area contributed by atoms with Gasteiger partial charge in [0, 0.05) is 12.6 Å². The number of hydrogen-bond acceptors (Lipinski definition) is 2. The SMILES string of the molecule is Cc1ccc(C2CNC(C)CC(C)O2)c(C)c1. The average Bonchev–Trinajstić information content (AvgIpc) is 2.39. The molecule has 2 nitrogen and oxygen atoms in total. The van der Waals surface area contributed by atoms with E-state index >= 15 is 0 Å². The predicted molar refractivity (Wildman–Crippen MR) is 71.3 cm³/mol. The third-order valence-electron chi connectivity index (χ3n) is 3.51. The lowest BCUT2D eigenvalue weighted by Gasteiger charge is -2.21. The molecule has 94 valence electrons. The van der Waals surface area contributed by atoms with Gasteiger partial charge in [-0.2, -0.15) is 0 Å². The fourth-order valence-electron chi connectivity index (χ4n) is 2.64. The van der Waals surface area contributed by atoms with Gasteiger partial charge in [-0.05, 0) is 45.2 Å². The van der Waals surface area contributed by atoms with Crippen LogP contribution < -0.4 is 5.32 Å². The van der Waals surface area contributed by atoms with Crippen molar-refractivity contribution in [2.75, 3.05) is 6.54 Å². The fourth-order valence-corrected chi connectivity index (χ4v) is 2.64. The molecule has 0 aliphatic carbocycles. The number of ether oxygens (including phenoxy) is 1. The van der Waals surface area contributed by atoms with Crippen LogP contribution in [0, 0.1) is 13.8 Å². The van der Waals surface area contributed by atoms with Crippen molar-refractivity contribution in [3.05, 3.63) is 34.9 Å². The summed E-state index contributed by atoms with van der Waals surface area (Å²) in [6, 6.07) is 7.16. The van der Waals surface area contributed by atoms with Gasteiger partial charge in [-0.1, -0.05) is 23.8 Å². The van der Waals surface area contributed by atoms with Gasteiger partial charge in [0.15, 0.2) is 0 Å². The van der Waals surface area contributed by atoms with Crippen LogP contribution in [0.25, 0.3) is 0 Å². The quantitative estimate of drug-likeness (QED) is 0.804. The number of nitrogens with one attached hydrogen (secondary N) is 1. The van der Waals surface area contributed by atoms with Gasteiger partial charge in [-0.25, -0.2) is 0 Å². The van der Waals surface area contributed by atoms with Crippen LogP contribution in [0.2, 0.25) is 0 Å². The minimum atomic E-state index is 0.190. The molecule has 2 heteroatoms. The minimum absolute atomic E-state index is 0.190. The standard InChI is InChI=1S/C15H23NO/c1-10-5-6-14(11(2)7-10)15-9-16-12(3)8-13(4)17-15/h5-7,12-13,15-16H,8-9H2,1-4H3. The van der Waals surface area contributed by atoms with E-state index in [2.05, 4.69) is 51.2 Å². The third kappa shape index (κ3) is 3.08. The summed E-state index contributed by atoms with van der Waals surface area (Å²) in [5.41, 5.74) is 3.97. The maximum absolute atomic E-state index is 6.13. The first-order chi connectivity index (χ1) is 8.06. The van der Waals surface area contributed by atoms with Gasteiger partial charge in [0.05, 0.1) is 12.2 Å². The maximum Gasteiger partial charge on any atom is 0.0955 e. The van der Waals surface area contributed by atoms with Crippen LogP contribution in [0.15, 0.2) is 18.2 Å². The molecule has 1 aliphatic heterocycles. The van der Waals surface area contributed by atoms with E-state index in [1.807, 2.05) is 0 Å². The first kappa shape index (κ1) is 12.6. The molecule has 1 fully saturated rings. The van der Waals surface area contributed by atoms with Crippen molar-refractivity contribution in [3.8, 4) is 0 Å². The molecule has 17 heavy (non-hydrogen) atoms. The molecule has 3 unspecified atom stereocenters. The topological polar surface area (TPSA) is 21.3 Å². The summed E-state index contributed by atoms with van der Waals surface area (Å²) in [5.74, 6) is 0. The lowest BCUT2D eigenvalue weighted by atomic mass is 10.0. The third-order valence-corrected chi connectivity index (χ3v) is 3.51. The van der Waals surface area contributed by atoms with Crippen molar-refractivity contribution >= 4 is 0 Å². The molecular weight excluding hydrogens is 210 g/mol. The molecule has 1 N–H and O–H groups in total. The van der Waals surface area contributed by atoms with Crippen LogP contribution in [0.1, 0.15) is 43.1 Å². The molecule has 1 aromatic carbocycles. The van der Waals surface area contributed by atoms with Crippen LogP contribution in [0.4, 0.5) is 0 Å². The Bertz CT molecular complexity index is 389. The van der Waals surface area contributed by atoms with E-state index in [0.717, 1.165) is 13.0 Å². The normalized spacial score (nSPS) is 30.0. The molecule has 2 rings (SSSR count). The van der Waals surface area contributed by atoms with Crippen molar-refractivity contribution in [2.24, 2.45) is 0 Å². The summed E-state index contributed by atoms with van der Waals surface area (Å²) in [6.07, 6.45) is 1.60. The average molecular weight is 233 g/mol. The Balaban J connectivity index is 2.20. The van der Waals surface area contributed by atoms with E-state index < -0.39 is 0 Å². The van der Waals surface area contributed by atoms with Crippen LogP contribution in [-0.4, -0.2) is 18.7 Å². The van der Waals surface area contributed by atoms with Crippen molar-refractivity contribution in [1.29, 1.82) is 0 Å². The van der Waals surface area contributed by atoms with E-state index in [1.165, 1.54) is 16.7 Å². The van der Waals surface area contributed by atoms with E-state index in [1.54, 1.807) is 0 Å². The molecule has 3 atom stereocenters. The summed E-state index contributed by atoms with van der Waals surface area (Å²) < 4.78 is 6.13. The molecule has 0 bridgehead atoms. The predicted octanol–water partition coefficient (Wildman–Crippen LogP) is 3.13. The fraction of sp³-hybridized carbons (Fsp3) is 0.600. The number of benzene rings is 1. The van der Waals surface area contributed by atoms with Crippen LogP contribution in [0.5, 0.6) is 0 Å². The van der Waals surface area contributed by atoms with E-state index in [0.29, 0.717) is 12.1 Å². The Morgan fingerprint density at radius 3 is 2.71 bits per heavy atom. The Kier molecular flexibility index (Phi) is 3.85. The van der Waals surface area contributed by atoms with Gasteiger partial charge in [0.2, 0.25) is 0 Å². The largest absolute Gasteiger partial charge is 0.369 e. The second kappa shape index (κ2) is 5.19. The van der Waals surface area contributed by atoms with Crippen LogP contribution in [0.3, 0.4) is 0 Å². The maximum atomic E-state index is 6.13. The lowest BCUT2D eigenvalue weighted by molar-refractivity contribution is 0.00687. The molecule has 1 aromatic rings. The second-order valence-electron chi connectivity index (χ2n) is 5.34. The lowest BCUT2D eigenvalue weighted by Crippen LogP contribution is -2.28. The van der Waals surface area contributed by atoms with Gasteiger partial charge >= 0.3 is 0 Å². The van der Waals surface area contributed by atoms with Gasteiger partial charge in [-0.15, -0.1) is 0 Å². The monoisotopic (exact) mass is 233 g/mol. The first-order valence-electron chi connectivity index (χ1n) is 6.52. The molecule has 0 amide bonds.